The van der Waals surface area contributed by atoms with Gasteiger partial charge in [0.2, 0.25) is 0 Å². The Morgan fingerprint density at radius 3 is 2.89 bits per heavy atom. The van der Waals surface area contributed by atoms with Gasteiger partial charge in [0, 0.05) is 30.6 Å². The molecule has 3 rings (SSSR count). The average Bonchev–Trinajstić information content (AvgIpc) is 2.46. The van der Waals surface area contributed by atoms with E-state index in [-0.39, 0.29) is 0 Å². The second-order valence-electron chi connectivity index (χ2n) is 4.67. The van der Waals surface area contributed by atoms with Gasteiger partial charge in [-0.2, -0.15) is 5.26 Å². The largest absolute Gasteiger partial charge is 0.312 e. The van der Waals surface area contributed by atoms with E-state index in [1.54, 1.807) is 0 Å². The molecule has 1 aromatic carbocycles. The predicted octanol–water partition coefficient (Wildman–Crippen LogP) is 1.97. The monoisotopic (exact) mass is 250 g/mol. The number of rotatable bonds is 1. The van der Waals surface area contributed by atoms with Crippen LogP contribution in [0.5, 0.6) is 0 Å². The summed E-state index contributed by atoms with van der Waals surface area (Å²) in [5, 5.41) is 12.5. The maximum absolute atomic E-state index is 9.27. The quantitative estimate of drug-likeness (QED) is 0.840. The number of aromatic nitrogens is 2. The topological polar surface area (TPSA) is 61.6 Å². The first-order chi connectivity index (χ1) is 9.29. The minimum atomic E-state index is 0.496. The van der Waals surface area contributed by atoms with Gasteiger partial charge in [-0.25, -0.2) is 9.97 Å². The number of hydrogen-bond acceptors (Lipinski definition) is 4. The Hall–Kier alpha value is -2.25. The highest BCUT2D eigenvalue weighted by Crippen LogP contribution is 2.23. The second kappa shape index (κ2) is 4.79. The summed E-state index contributed by atoms with van der Waals surface area (Å²) in [5.74, 6) is 0.662. The fourth-order valence-corrected chi connectivity index (χ4v) is 2.38. The zero-order valence-corrected chi connectivity index (χ0v) is 10.8. The standard InChI is InChI=1S/C15H14N4/c1-10-4-2-3-5-11(10)15-18-13-6-7-17-9-12(13)14(8-16)19-15/h2-5,17H,6-7,9H2,1H3. The molecule has 2 aromatic rings. The van der Waals surface area contributed by atoms with Crippen molar-refractivity contribution in [3.05, 3.63) is 46.8 Å². The molecule has 0 saturated heterocycles. The molecule has 0 unspecified atom stereocenters. The van der Waals surface area contributed by atoms with Crippen LogP contribution < -0.4 is 5.32 Å². The number of nitrogens with zero attached hydrogens (tertiary/aromatic N) is 3. The van der Waals surface area contributed by atoms with Crippen molar-refractivity contribution in [2.75, 3.05) is 6.54 Å². The van der Waals surface area contributed by atoms with E-state index in [1.807, 2.05) is 31.2 Å². The molecule has 1 aliphatic rings. The van der Waals surface area contributed by atoms with Gasteiger partial charge in [-0.05, 0) is 12.5 Å². The van der Waals surface area contributed by atoms with E-state index in [4.69, 9.17) is 0 Å². The number of aryl methyl sites for hydroxylation is 1. The summed E-state index contributed by atoms with van der Waals surface area (Å²) in [6.45, 7) is 3.63. The third-order valence-corrected chi connectivity index (χ3v) is 3.42. The van der Waals surface area contributed by atoms with E-state index < -0.39 is 0 Å². The van der Waals surface area contributed by atoms with E-state index in [9.17, 15) is 5.26 Å². The lowest BCUT2D eigenvalue weighted by molar-refractivity contribution is 0.624. The van der Waals surface area contributed by atoms with Crippen LogP contribution in [0.3, 0.4) is 0 Å². The second-order valence-corrected chi connectivity index (χ2v) is 4.67. The van der Waals surface area contributed by atoms with Gasteiger partial charge in [-0.1, -0.05) is 24.3 Å². The van der Waals surface area contributed by atoms with Gasteiger partial charge in [0.25, 0.3) is 0 Å². The fraction of sp³-hybridized carbons (Fsp3) is 0.267. The van der Waals surface area contributed by atoms with Crippen LogP contribution >= 0.6 is 0 Å². The molecule has 19 heavy (non-hydrogen) atoms. The molecule has 4 nitrogen and oxygen atoms in total. The summed E-state index contributed by atoms with van der Waals surface area (Å²) in [4.78, 5) is 9.07. The Morgan fingerprint density at radius 2 is 2.11 bits per heavy atom. The number of fused-ring (bicyclic) bond motifs is 1. The molecule has 1 N–H and O–H groups in total. The molecule has 0 atom stereocenters. The average molecular weight is 250 g/mol. The maximum Gasteiger partial charge on any atom is 0.161 e. The van der Waals surface area contributed by atoms with Gasteiger partial charge in [0.05, 0.1) is 5.69 Å². The molecule has 0 spiro atoms. The first-order valence-electron chi connectivity index (χ1n) is 6.36. The number of hydrogen-bond donors (Lipinski definition) is 1. The maximum atomic E-state index is 9.27. The minimum Gasteiger partial charge on any atom is -0.312 e. The van der Waals surface area contributed by atoms with Crippen molar-refractivity contribution in [1.29, 1.82) is 5.26 Å². The molecule has 1 aromatic heterocycles. The SMILES string of the molecule is Cc1ccccc1-c1nc(C#N)c2c(n1)CCNC2. The number of nitriles is 1. The fourth-order valence-electron chi connectivity index (χ4n) is 2.38. The van der Waals surface area contributed by atoms with Crippen LogP contribution in [-0.4, -0.2) is 16.5 Å². The normalized spacial score (nSPS) is 13.7. The Kier molecular flexibility index (Phi) is 2.98. The molecule has 4 heteroatoms. The summed E-state index contributed by atoms with van der Waals surface area (Å²) in [5.41, 5.74) is 4.57. The Balaban J connectivity index is 2.19. The number of benzene rings is 1. The van der Waals surface area contributed by atoms with Crippen molar-refractivity contribution in [2.24, 2.45) is 0 Å². The summed E-state index contributed by atoms with van der Waals surface area (Å²) >= 11 is 0. The highest BCUT2D eigenvalue weighted by molar-refractivity contribution is 5.61. The highest BCUT2D eigenvalue weighted by Gasteiger charge is 2.18. The molecule has 0 amide bonds. The van der Waals surface area contributed by atoms with Crippen molar-refractivity contribution < 1.29 is 0 Å². The van der Waals surface area contributed by atoms with E-state index in [2.05, 4.69) is 21.4 Å². The van der Waals surface area contributed by atoms with Crippen LogP contribution in [0.25, 0.3) is 11.4 Å². The first kappa shape index (κ1) is 11.8. The van der Waals surface area contributed by atoms with Gasteiger partial charge < -0.3 is 5.32 Å². The lowest BCUT2D eigenvalue weighted by Gasteiger charge is -2.18. The van der Waals surface area contributed by atoms with Crippen molar-refractivity contribution in [1.82, 2.24) is 15.3 Å². The van der Waals surface area contributed by atoms with E-state index in [0.29, 0.717) is 18.1 Å². The van der Waals surface area contributed by atoms with Gasteiger partial charge in [0.1, 0.15) is 11.8 Å². The van der Waals surface area contributed by atoms with Crippen molar-refractivity contribution in [3.63, 3.8) is 0 Å². The van der Waals surface area contributed by atoms with Crippen LogP contribution in [-0.2, 0) is 13.0 Å². The molecule has 1 aliphatic heterocycles. The molecule has 2 heterocycles. The predicted molar refractivity (Wildman–Crippen MR) is 72.3 cm³/mol. The third-order valence-electron chi connectivity index (χ3n) is 3.42. The van der Waals surface area contributed by atoms with Crippen molar-refractivity contribution in [3.8, 4) is 17.5 Å². The molecule has 0 fully saturated rings. The van der Waals surface area contributed by atoms with Crippen molar-refractivity contribution in [2.45, 2.75) is 19.9 Å². The van der Waals surface area contributed by atoms with Gasteiger partial charge >= 0.3 is 0 Å². The van der Waals surface area contributed by atoms with E-state index >= 15 is 0 Å². The lowest BCUT2D eigenvalue weighted by Crippen LogP contribution is -2.26. The molecular formula is C15H14N4. The Labute approximate surface area is 112 Å². The van der Waals surface area contributed by atoms with Crippen LogP contribution in [0.2, 0.25) is 0 Å². The zero-order chi connectivity index (χ0) is 13.2. The third kappa shape index (κ3) is 2.09. The van der Waals surface area contributed by atoms with Gasteiger partial charge in [0.15, 0.2) is 5.82 Å². The molecule has 0 bridgehead atoms. The smallest absolute Gasteiger partial charge is 0.161 e. The molecule has 94 valence electrons. The summed E-state index contributed by atoms with van der Waals surface area (Å²) < 4.78 is 0. The van der Waals surface area contributed by atoms with Gasteiger partial charge in [-0.15, -0.1) is 0 Å². The first-order valence-corrected chi connectivity index (χ1v) is 6.36. The van der Waals surface area contributed by atoms with Gasteiger partial charge in [-0.3, -0.25) is 0 Å². The van der Waals surface area contributed by atoms with E-state index in [1.165, 1.54) is 0 Å². The van der Waals surface area contributed by atoms with Crippen LogP contribution in [0.4, 0.5) is 0 Å². The molecule has 0 radical (unpaired) electrons. The minimum absolute atomic E-state index is 0.496. The zero-order valence-electron chi connectivity index (χ0n) is 10.8. The molecular weight excluding hydrogens is 236 g/mol. The van der Waals surface area contributed by atoms with Crippen LogP contribution in [0.1, 0.15) is 22.5 Å². The highest BCUT2D eigenvalue weighted by atomic mass is 14.9. The summed E-state index contributed by atoms with van der Waals surface area (Å²) in [7, 11) is 0. The van der Waals surface area contributed by atoms with Crippen LogP contribution in [0.15, 0.2) is 24.3 Å². The van der Waals surface area contributed by atoms with Crippen LogP contribution in [0, 0.1) is 18.3 Å². The van der Waals surface area contributed by atoms with Crippen molar-refractivity contribution >= 4 is 0 Å². The number of nitrogens with one attached hydrogen (secondary N) is 1. The summed E-state index contributed by atoms with van der Waals surface area (Å²) in [6.07, 6.45) is 0.853. The molecule has 0 aliphatic carbocycles. The van der Waals surface area contributed by atoms with E-state index in [0.717, 1.165) is 35.3 Å². The molecule has 0 saturated carbocycles. The lowest BCUT2D eigenvalue weighted by atomic mass is 10.0. The Morgan fingerprint density at radius 1 is 1.26 bits per heavy atom. The Bertz CT molecular complexity index is 670. The summed E-state index contributed by atoms with van der Waals surface area (Å²) in [6, 6.07) is 10.2.